The Hall–Kier alpha value is -2.98. The fourth-order valence-corrected chi connectivity index (χ4v) is 12.0. The predicted octanol–water partition coefficient (Wildman–Crippen LogP) is 21.3. The number of allylic oxidation sites excluding steroid dienone is 8. The number of carbonyl (C=O) groups is 4. The molecule has 94 heavy (non-hydrogen) atoms. The molecule has 550 valence electrons. The number of phosphoric acid groups is 2. The minimum atomic E-state index is -4.97. The summed E-state index contributed by atoms with van der Waals surface area (Å²) in [5.41, 5.74) is 0. The molecule has 3 N–H and O–H groups in total. The van der Waals surface area contributed by atoms with Gasteiger partial charge in [-0.25, -0.2) is 9.13 Å². The number of aliphatic hydroxyl groups is 1. The van der Waals surface area contributed by atoms with E-state index in [2.05, 4.69) is 76.3 Å². The van der Waals surface area contributed by atoms with Crippen molar-refractivity contribution in [1.82, 2.24) is 0 Å². The first-order chi connectivity index (χ1) is 45.7. The first-order valence-electron chi connectivity index (χ1n) is 37.9. The molecule has 0 aliphatic heterocycles. The van der Waals surface area contributed by atoms with E-state index in [9.17, 15) is 43.2 Å². The molecule has 0 aliphatic carbocycles. The van der Waals surface area contributed by atoms with Crippen LogP contribution in [-0.2, 0) is 65.4 Å². The van der Waals surface area contributed by atoms with Crippen molar-refractivity contribution in [3.63, 3.8) is 0 Å². The van der Waals surface area contributed by atoms with Gasteiger partial charge in [-0.05, 0) is 83.5 Å². The summed E-state index contributed by atoms with van der Waals surface area (Å²) in [5.74, 6) is -2.17. The van der Waals surface area contributed by atoms with Gasteiger partial charge in [-0.3, -0.25) is 37.3 Å². The summed E-state index contributed by atoms with van der Waals surface area (Å²) in [6.45, 7) is 4.80. The fraction of sp³-hybridized carbons (Fsp3) is 0.840. The van der Waals surface area contributed by atoms with E-state index in [4.69, 9.17) is 37.0 Å². The molecule has 0 saturated heterocycles. The number of carbonyl (C=O) groups excluding carboxylic acids is 4. The maximum absolute atomic E-state index is 13.0. The van der Waals surface area contributed by atoms with E-state index in [1.54, 1.807) is 0 Å². The van der Waals surface area contributed by atoms with Gasteiger partial charge in [0, 0.05) is 25.7 Å². The van der Waals surface area contributed by atoms with Crippen LogP contribution >= 0.6 is 15.6 Å². The van der Waals surface area contributed by atoms with Crippen molar-refractivity contribution in [2.45, 2.75) is 367 Å². The van der Waals surface area contributed by atoms with Gasteiger partial charge >= 0.3 is 39.5 Å². The van der Waals surface area contributed by atoms with Crippen LogP contribution in [0, 0.1) is 0 Å². The van der Waals surface area contributed by atoms with Crippen molar-refractivity contribution < 1.29 is 80.2 Å². The molecule has 5 unspecified atom stereocenters. The molecule has 17 nitrogen and oxygen atoms in total. The second-order valence-corrected chi connectivity index (χ2v) is 28.5. The molecule has 0 heterocycles. The molecule has 0 rings (SSSR count). The maximum Gasteiger partial charge on any atom is 0.472 e. The Labute approximate surface area is 572 Å². The molecule has 0 spiro atoms. The van der Waals surface area contributed by atoms with Crippen LogP contribution in [0.4, 0.5) is 0 Å². The van der Waals surface area contributed by atoms with Crippen molar-refractivity contribution in [2.75, 3.05) is 39.6 Å². The number of hydrogen-bond donors (Lipinski definition) is 3. The van der Waals surface area contributed by atoms with Crippen LogP contribution in [0.25, 0.3) is 0 Å². The number of aliphatic hydroxyl groups excluding tert-OH is 1. The molecular weight excluding hydrogens is 1230 g/mol. The summed E-state index contributed by atoms with van der Waals surface area (Å²) >= 11 is 0. The monoisotopic (exact) mass is 1370 g/mol. The normalized spacial score (nSPS) is 14.2. The topological polar surface area (TPSA) is 237 Å². The number of esters is 4. The van der Waals surface area contributed by atoms with Gasteiger partial charge < -0.3 is 33.8 Å². The smallest absolute Gasteiger partial charge is 0.462 e. The van der Waals surface area contributed by atoms with Gasteiger partial charge in [-0.15, -0.1) is 0 Å². The summed E-state index contributed by atoms with van der Waals surface area (Å²) in [6, 6.07) is 0. The second kappa shape index (κ2) is 68.5. The predicted molar refractivity (Wildman–Crippen MR) is 381 cm³/mol. The zero-order valence-corrected chi connectivity index (χ0v) is 61.7. The highest BCUT2D eigenvalue weighted by Crippen LogP contribution is 2.45. The molecule has 5 atom stereocenters. The van der Waals surface area contributed by atoms with E-state index in [1.165, 1.54) is 128 Å². The number of hydrogen-bond acceptors (Lipinski definition) is 15. The summed E-state index contributed by atoms with van der Waals surface area (Å²) < 4.78 is 68.4. The standard InChI is InChI=1S/C75H138O17P2/c1-5-9-13-17-21-25-29-32-34-37-40-43-47-51-55-59-72(77)85-65-70(91-74(79)61-57-53-49-45-39-28-24-20-16-12-8-4)67-89-93(81,82)87-63-69(76)64-88-94(83,84)90-68-71(92-75(80)62-58-54-50-46-42-36-31-27-23-19-15-11-7-3)66-86-73(78)60-56-52-48-44-41-38-35-33-30-26-22-18-14-10-6-2/h15,19,22,26-27,31,33,35,69-71,76H,5-14,16-18,20-21,23-25,28-30,32,34,36-68H2,1-4H3,(H,81,82)(H,83,84)/b19-15-,26-22-,31-27-,35-33-. The van der Waals surface area contributed by atoms with Crippen molar-refractivity contribution in [3.8, 4) is 0 Å². The Morgan fingerprint density at radius 1 is 0.298 bits per heavy atom. The SMILES string of the molecule is CCC/C=C\C/C=C\CCCCCCCC(=O)OC(COC(=O)CCCCCCC/C=C\C/C=C\CCCCC)COP(=O)(O)OCC(O)COP(=O)(O)OCC(COC(=O)CCCCCCCCCCCCCCCCC)OC(=O)CCCCCCCCCCCCC. The first kappa shape index (κ1) is 91.0. The van der Waals surface area contributed by atoms with Gasteiger partial charge in [0.05, 0.1) is 26.4 Å². The van der Waals surface area contributed by atoms with Crippen LogP contribution in [0.5, 0.6) is 0 Å². The molecule has 0 radical (unpaired) electrons. The van der Waals surface area contributed by atoms with E-state index >= 15 is 0 Å². The number of unbranched alkanes of at least 4 members (excludes halogenated alkanes) is 38. The van der Waals surface area contributed by atoms with Gasteiger partial charge in [0.2, 0.25) is 0 Å². The zero-order chi connectivity index (χ0) is 69.0. The van der Waals surface area contributed by atoms with E-state index in [-0.39, 0.29) is 25.7 Å². The van der Waals surface area contributed by atoms with Crippen LogP contribution in [-0.4, -0.2) is 96.7 Å². The van der Waals surface area contributed by atoms with Crippen LogP contribution < -0.4 is 0 Å². The third-order valence-corrected chi connectivity index (χ3v) is 18.2. The average Bonchev–Trinajstić information content (AvgIpc) is 1.22. The van der Waals surface area contributed by atoms with Crippen molar-refractivity contribution in [3.05, 3.63) is 48.6 Å². The van der Waals surface area contributed by atoms with Gasteiger partial charge in [0.1, 0.15) is 19.3 Å². The lowest BCUT2D eigenvalue weighted by Gasteiger charge is -2.21. The Morgan fingerprint density at radius 2 is 0.543 bits per heavy atom. The van der Waals surface area contributed by atoms with Gasteiger partial charge in [-0.2, -0.15) is 0 Å². The molecule has 0 saturated carbocycles. The van der Waals surface area contributed by atoms with Crippen molar-refractivity contribution in [1.29, 1.82) is 0 Å². The van der Waals surface area contributed by atoms with Crippen molar-refractivity contribution >= 4 is 39.5 Å². The van der Waals surface area contributed by atoms with Crippen LogP contribution in [0.1, 0.15) is 349 Å². The highest BCUT2D eigenvalue weighted by atomic mass is 31.2. The lowest BCUT2D eigenvalue weighted by Crippen LogP contribution is -2.30. The lowest BCUT2D eigenvalue weighted by molar-refractivity contribution is -0.161. The Bertz CT molecular complexity index is 1980. The van der Waals surface area contributed by atoms with Crippen LogP contribution in [0.2, 0.25) is 0 Å². The van der Waals surface area contributed by atoms with Gasteiger partial charge in [0.25, 0.3) is 0 Å². The lowest BCUT2D eigenvalue weighted by atomic mass is 10.0. The molecule has 0 aromatic heterocycles. The zero-order valence-electron chi connectivity index (χ0n) is 59.9. The Balaban J connectivity index is 5.29. The third-order valence-electron chi connectivity index (χ3n) is 16.3. The minimum absolute atomic E-state index is 0.0800. The molecule has 0 bridgehead atoms. The molecular formula is C75H138O17P2. The summed E-state index contributed by atoms with van der Waals surface area (Å²) in [6.07, 6.45) is 63.9. The van der Waals surface area contributed by atoms with Gasteiger partial charge in [-0.1, -0.05) is 288 Å². The minimum Gasteiger partial charge on any atom is -0.462 e. The van der Waals surface area contributed by atoms with Gasteiger partial charge in [0.15, 0.2) is 12.2 Å². The van der Waals surface area contributed by atoms with Crippen molar-refractivity contribution in [2.24, 2.45) is 0 Å². The number of ether oxygens (including phenoxy) is 4. The Morgan fingerprint density at radius 3 is 0.851 bits per heavy atom. The van der Waals surface area contributed by atoms with E-state index in [0.717, 1.165) is 141 Å². The molecule has 19 heteroatoms. The first-order valence-corrected chi connectivity index (χ1v) is 40.9. The Kier molecular flexibility index (Phi) is 66.4. The van der Waals surface area contributed by atoms with E-state index < -0.39 is 97.5 Å². The average molecular weight is 1370 g/mol. The summed E-state index contributed by atoms with van der Waals surface area (Å²) in [4.78, 5) is 72.7. The highest BCUT2D eigenvalue weighted by Gasteiger charge is 2.30. The largest absolute Gasteiger partial charge is 0.472 e. The fourth-order valence-electron chi connectivity index (χ4n) is 10.5. The summed E-state index contributed by atoms with van der Waals surface area (Å²) in [7, 11) is -9.93. The molecule has 0 fully saturated rings. The second-order valence-electron chi connectivity index (χ2n) is 25.6. The quantitative estimate of drug-likeness (QED) is 0.0169. The number of phosphoric ester groups is 2. The molecule has 0 aromatic carbocycles. The van der Waals surface area contributed by atoms with Crippen LogP contribution in [0.3, 0.4) is 0 Å². The highest BCUT2D eigenvalue weighted by molar-refractivity contribution is 7.47. The molecule has 0 aliphatic rings. The number of rotatable bonds is 72. The van der Waals surface area contributed by atoms with E-state index in [1.807, 2.05) is 0 Å². The van der Waals surface area contributed by atoms with E-state index in [0.29, 0.717) is 25.7 Å². The van der Waals surface area contributed by atoms with Crippen LogP contribution in [0.15, 0.2) is 48.6 Å². The summed E-state index contributed by atoms with van der Waals surface area (Å²) in [5, 5.41) is 10.6. The third kappa shape index (κ3) is 67.6. The molecule has 0 amide bonds. The molecule has 0 aromatic rings. The maximum atomic E-state index is 13.0.